The van der Waals surface area contributed by atoms with Crippen LogP contribution in [0.4, 0.5) is 5.95 Å². The van der Waals surface area contributed by atoms with Gasteiger partial charge in [-0.1, -0.05) is 5.16 Å². The Bertz CT molecular complexity index is 1090. The molecule has 0 saturated carbocycles. The summed E-state index contributed by atoms with van der Waals surface area (Å²) in [5, 5.41) is 6.80. The maximum absolute atomic E-state index is 11.7. The molecule has 30 heavy (non-hydrogen) atoms. The van der Waals surface area contributed by atoms with Gasteiger partial charge < -0.3 is 24.0 Å². The molecule has 2 aliphatic rings. The Morgan fingerprint density at radius 1 is 1.17 bits per heavy atom. The molecule has 1 N–H and O–H groups in total. The van der Waals surface area contributed by atoms with Gasteiger partial charge in [-0.05, 0) is 26.0 Å². The van der Waals surface area contributed by atoms with Crippen LogP contribution in [-0.4, -0.2) is 71.9 Å². The average Bonchev–Trinajstić information content (AvgIpc) is 3.30. The second-order valence-electron chi connectivity index (χ2n) is 7.86. The number of nitrogens with zero attached hydrogens (tertiary/aromatic N) is 5. The number of hydrogen-bond donors (Lipinski definition) is 1. The molecular weight excluding hydrogens is 384 g/mol. The molecule has 1 fully saturated rings. The van der Waals surface area contributed by atoms with Crippen LogP contribution in [0.5, 0.6) is 5.75 Å². The van der Waals surface area contributed by atoms with Gasteiger partial charge >= 0.3 is 0 Å². The molecule has 0 radical (unpaired) electrons. The molecule has 0 spiro atoms. The Kier molecular flexibility index (Phi) is 4.62. The van der Waals surface area contributed by atoms with Crippen LogP contribution in [0.15, 0.2) is 16.7 Å². The maximum Gasteiger partial charge on any atom is 0.233 e. The van der Waals surface area contributed by atoms with E-state index in [1.807, 2.05) is 13.8 Å². The van der Waals surface area contributed by atoms with Crippen LogP contribution in [0.2, 0.25) is 0 Å². The first-order chi connectivity index (χ1) is 14.6. The van der Waals surface area contributed by atoms with E-state index in [0.717, 1.165) is 78.0 Å². The third-order valence-electron chi connectivity index (χ3n) is 6.01. The Morgan fingerprint density at radius 2 is 1.97 bits per heavy atom. The van der Waals surface area contributed by atoms with E-state index in [9.17, 15) is 4.79 Å². The lowest BCUT2D eigenvalue weighted by molar-refractivity contribution is -0.121. The third-order valence-corrected chi connectivity index (χ3v) is 6.01. The summed E-state index contributed by atoms with van der Waals surface area (Å²) in [6, 6.07) is 4.11. The highest BCUT2D eigenvalue weighted by Crippen LogP contribution is 2.42. The fourth-order valence-corrected chi connectivity index (χ4v) is 4.47. The minimum atomic E-state index is 0.0544. The molecule has 2 aromatic heterocycles. The molecule has 4 heterocycles. The number of nitrogens with one attached hydrogen (secondary N) is 1. The van der Waals surface area contributed by atoms with E-state index >= 15 is 0 Å². The van der Waals surface area contributed by atoms with E-state index in [1.54, 1.807) is 7.05 Å². The third kappa shape index (κ3) is 3.00. The highest BCUT2D eigenvalue weighted by molar-refractivity contribution is 5.93. The summed E-state index contributed by atoms with van der Waals surface area (Å²) in [4.78, 5) is 21.1. The molecule has 3 aromatic rings. The molecule has 1 amide bonds. The van der Waals surface area contributed by atoms with Gasteiger partial charge in [-0.15, -0.1) is 0 Å². The first-order valence-corrected chi connectivity index (χ1v) is 10.3. The molecule has 5 rings (SSSR count). The first kappa shape index (κ1) is 18.9. The summed E-state index contributed by atoms with van der Waals surface area (Å²) in [7, 11) is 1.68. The highest BCUT2D eigenvalue weighted by Gasteiger charge is 2.28. The largest absolute Gasteiger partial charge is 0.489 e. The molecular formula is C21H26N6O3. The number of ether oxygens (including phenoxy) is 1. The Hall–Kier alpha value is -3.07. The van der Waals surface area contributed by atoms with E-state index in [-0.39, 0.29) is 5.91 Å². The molecule has 1 aromatic carbocycles. The van der Waals surface area contributed by atoms with Gasteiger partial charge in [0.1, 0.15) is 17.9 Å². The SMILES string of the molecule is CNC(=O)CN1CCN(c2nc3ccc(-c4c(C)noc4C)c4c3n2CCO4)CC1. The van der Waals surface area contributed by atoms with Gasteiger partial charge in [0.05, 0.1) is 29.9 Å². The zero-order valence-corrected chi connectivity index (χ0v) is 17.6. The van der Waals surface area contributed by atoms with E-state index in [4.69, 9.17) is 14.2 Å². The molecule has 158 valence electrons. The monoisotopic (exact) mass is 410 g/mol. The Labute approximate surface area is 174 Å². The number of anilines is 1. The van der Waals surface area contributed by atoms with Gasteiger partial charge in [0.2, 0.25) is 11.9 Å². The van der Waals surface area contributed by atoms with Crippen LogP contribution in [-0.2, 0) is 11.3 Å². The van der Waals surface area contributed by atoms with Crippen LogP contribution >= 0.6 is 0 Å². The maximum atomic E-state index is 11.7. The van der Waals surface area contributed by atoms with Crippen molar-refractivity contribution < 1.29 is 14.1 Å². The average molecular weight is 410 g/mol. The van der Waals surface area contributed by atoms with E-state index < -0.39 is 0 Å². The van der Waals surface area contributed by atoms with Crippen LogP contribution in [0, 0.1) is 13.8 Å². The van der Waals surface area contributed by atoms with Crippen molar-refractivity contribution in [3.8, 4) is 16.9 Å². The molecule has 9 nitrogen and oxygen atoms in total. The quantitative estimate of drug-likeness (QED) is 0.698. The zero-order chi connectivity index (χ0) is 20.8. The number of carbonyl (C=O) groups is 1. The second kappa shape index (κ2) is 7.32. The van der Waals surface area contributed by atoms with Crippen LogP contribution < -0.4 is 15.0 Å². The number of imidazole rings is 1. The summed E-state index contributed by atoms with van der Waals surface area (Å²) in [5.41, 5.74) is 4.81. The lowest BCUT2D eigenvalue weighted by Crippen LogP contribution is -2.50. The minimum absolute atomic E-state index is 0.0544. The molecule has 1 saturated heterocycles. The van der Waals surface area contributed by atoms with Crippen molar-refractivity contribution in [2.24, 2.45) is 0 Å². The number of carbonyl (C=O) groups excluding carboxylic acids is 1. The van der Waals surface area contributed by atoms with E-state index in [2.05, 4.69) is 37.0 Å². The summed E-state index contributed by atoms with van der Waals surface area (Å²) in [6.07, 6.45) is 0. The number of rotatable bonds is 4. The first-order valence-electron chi connectivity index (χ1n) is 10.3. The Morgan fingerprint density at radius 3 is 2.67 bits per heavy atom. The molecule has 2 aliphatic heterocycles. The summed E-state index contributed by atoms with van der Waals surface area (Å²) in [5.74, 6) is 2.67. The number of aromatic nitrogens is 3. The summed E-state index contributed by atoms with van der Waals surface area (Å²) < 4.78 is 13.8. The second-order valence-corrected chi connectivity index (χ2v) is 7.86. The number of likely N-dealkylation sites (N-methyl/N-ethyl adjacent to an activating group) is 1. The predicted octanol–water partition coefficient (Wildman–Crippen LogP) is 1.57. The van der Waals surface area contributed by atoms with Crippen molar-refractivity contribution in [1.82, 2.24) is 24.9 Å². The predicted molar refractivity (Wildman–Crippen MR) is 113 cm³/mol. The van der Waals surface area contributed by atoms with Crippen molar-refractivity contribution in [3.05, 3.63) is 23.6 Å². The van der Waals surface area contributed by atoms with E-state index in [1.165, 1.54) is 0 Å². The zero-order valence-electron chi connectivity index (χ0n) is 17.6. The lowest BCUT2D eigenvalue weighted by Gasteiger charge is -2.35. The Balaban J connectivity index is 1.49. The van der Waals surface area contributed by atoms with Crippen LogP contribution in [0.3, 0.4) is 0 Å². The number of benzene rings is 1. The van der Waals surface area contributed by atoms with Crippen molar-refractivity contribution >= 4 is 22.9 Å². The minimum Gasteiger partial charge on any atom is -0.489 e. The van der Waals surface area contributed by atoms with Gasteiger partial charge in [0.15, 0.2) is 5.75 Å². The van der Waals surface area contributed by atoms with Crippen molar-refractivity contribution in [3.63, 3.8) is 0 Å². The fraction of sp³-hybridized carbons (Fsp3) is 0.476. The van der Waals surface area contributed by atoms with Gasteiger partial charge in [-0.25, -0.2) is 4.98 Å². The number of amides is 1. The smallest absolute Gasteiger partial charge is 0.233 e. The number of piperazine rings is 1. The van der Waals surface area contributed by atoms with Gasteiger partial charge in [0.25, 0.3) is 0 Å². The number of hydrogen-bond acceptors (Lipinski definition) is 7. The van der Waals surface area contributed by atoms with Crippen LogP contribution in [0.1, 0.15) is 11.5 Å². The molecule has 0 unspecified atom stereocenters. The standard InChI is InChI=1S/C21H26N6O3/c1-13-18(14(2)30-24-13)15-4-5-16-19-20(15)29-11-10-27(19)21(23-16)26-8-6-25(7-9-26)12-17(28)22-3/h4-5H,6-12H2,1-3H3,(H,22,28). The van der Waals surface area contributed by atoms with Gasteiger partial charge in [0, 0.05) is 38.8 Å². The fourth-order valence-electron chi connectivity index (χ4n) is 4.47. The molecule has 0 bridgehead atoms. The van der Waals surface area contributed by atoms with Crippen molar-refractivity contribution in [2.75, 3.05) is 51.3 Å². The van der Waals surface area contributed by atoms with Crippen molar-refractivity contribution in [1.29, 1.82) is 0 Å². The topological polar surface area (TPSA) is 88.7 Å². The summed E-state index contributed by atoms with van der Waals surface area (Å²) in [6.45, 7) is 9.04. The van der Waals surface area contributed by atoms with Gasteiger partial charge in [-0.2, -0.15) is 0 Å². The van der Waals surface area contributed by atoms with Crippen LogP contribution in [0.25, 0.3) is 22.2 Å². The van der Waals surface area contributed by atoms with Gasteiger partial charge in [-0.3, -0.25) is 9.69 Å². The summed E-state index contributed by atoms with van der Waals surface area (Å²) >= 11 is 0. The molecule has 0 aliphatic carbocycles. The highest BCUT2D eigenvalue weighted by atomic mass is 16.5. The number of aryl methyl sites for hydroxylation is 2. The van der Waals surface area contributed by atoms with E-state index in [0.29, 0.717) is 13.2 Å². The normalized spacial score (nSPS) is 16.7. The molecule has 9 heteroatoms. The molecule has 0 atom stereocenters. The van der Waals surface area contributed by atoms with Crippen molar-refractivity contribution in [2.45, 2.75) is 20.4 Å². The lowest BCUT2D eigenvalue weighted by atomic mass is 10.0.